The molecule has 0 aliphatic rings. The van der Waals surface area contributed by atoms with Crippen LogP contribution in [0.2, 0.25) is 0 Å². The average Bonchev–Trinajstić information content (AvgIpc) is 3.14. The molecule has 4 nitrogen and oxygen atoms in total. The monoisotopic (exact) mass is 481 g/mol. The van der Waals surface area contributed by atoms with Crippen LogP contribution in [0.3, 0.4) is 0 Å². The third-order valence-corrected chi connectivity index (χ3v) is 6.18. The maximum absolute atomic E-state index is 12.4. The number of nitrogens with one attached hydrogen (secondary N) is 2. The number of anilines is 1. The van der Waals surface area contributed by atoms with E-state index in [2.05, 4.69) is 32.6 Å². The predicted octanol–water partition coefficient (Wildman–Crippen LogP) is 6.16. The van der Waals surface area contributed by atoms with Gasteiger partial charge in [-0.15, -0.1) is 11.3 Å². The molecule has 0 unspecified atom stereocenters. The van der Waals surface area contributed by atoms with Crippen molar-refractivity contribution in [2.24, 2.45) is 0 Å². The number of thiocarbonyl (C=S) groups is 1. The first-order valence-corrected chi connectivity index (χ1v) is 10.9. The fourth-order valence-electron chi connectivity index (χ4n) is 2.82. The fourth-order valence-corrected chi connectivity index (χ4v) is 4.24. The molecule has 3 aromatic carbocycles. The van der Waals surface area contributed by atoms with Gasteiger partial charge in [0, 0.05) is 21.3 Å². The highest BCUT2D eigenvalue weighted by molar-refractivity contribution is 9.10. The summed E-state index contributed by atoms with van der Waals surface area (Å²) >= 11 is 10.4. The Kier molecular flexibility index (Phi) is 5.71. The van der Waals surface area contributed by atoms with Gasteiger partial charge in [0.25, 0.3) is 5.91 Å². The molecular formula is C22H16BrN3OS2. The first-order valence-electron chi connectivity index (χ1n) is 8.84. The Hall–Kier alpha value is -2.61. The minimum atomic E-state index is -0.255. The number of aryl methyl sites for hydroxylation is 1. The summed E-state index contributed by atoms with van der Waals surface area (Å²) in [6.07, 6.45) is 0. The molecule has 4 rings (SSSR count). The molecule has 7 heteroatoms. The first-order chi connectivity index (χ1) is 14.0. The lowest BCUT2D eigenvalue weighted by atomic mass is 10.1. The molecule has 1 amide bonds. The molecule has 0 fully saturated rings. The summed E-state index contributed by atoms with van der Waals surface area (Å²) in [5, 5.41) is 7.05. The summed E-state index contributed by atoms with van der Waals surface area (Å²) < 4.78 is 2.06. The van der Waals surface area contributed by atoms with Crippen molar-refractivity contribution < 1.29 is 4.79 Å². The second kappa shape index (κ2) is 8.41. The molecule has 2 N–H and O–H groups in total. The quantitative estimate of drug-likeness (QED) is 0.344. The topological polar surface area (TPSA) is 54.0 Å². The number of fused-ring (bicyclic) bond motifs is 1. The maximum atomic E-state index is 12.4. The maximum Gasteiger partial charge on any atom is 0.257 e. The Labute approximate surface area is 186 Å². The van der Waals surface area contributed by atoms with Gasteiger partial charge in [-0.2, -0.15) is 0 Å². The minimum absolute atomic E-state index is 0.252. The van der Waals surface area contributed by atoms with E-state index >= 15 is 0 Å². The van der Waals surface area contributed by atoms with Crippen molar-refractivity contribution in [3.63, 3.8) is 0 Å². The van der Waals surface area contributed by atoms with Crippen molar-refractivity contribution in [1.82, 2.24) is 10.3 Å². The highest BCUT2D eigenvalue weighted by atomic mass is 79.9. The number of para-hydroxylation sites is 1. The third-order valence-electron chi connectivity index (χ3n) is 4.36. The van der Waals surface area contributed by atoms with Crippen LogP contribution in [0, 0.1) is 6.92 Å². The number of thiazole rings is 1. The highest BCUT2D eigenvalue weighted by Crippen LogP contribution is 2.32. The van der Waals surface area contributed by atoms with Crippen molar-refractivity contribution in [3.8, 4) is 10.6 Å². The molecule has 0 atom stereocenters. The summed E-state index contributed by atoms with van der Waals surface area (Å²) in [5.74, 6) is -0.255. The Morgan fingerprint density at radius 3 is 2.59 bits per heavy atom. The number of halogens is 1. The molecule has 1 aromatic heterocycles. The molecule has 1 heterocycles. The molecule has 0 spiro atoms. The summed E-state index contributed by atoms with van der Waals surface area (Å²) in [5.41, 5.74) is 4.39. The third kappa shape index (κ3) is 4.53. The van der Waals surface area contributed by atoms with Gasteiger partial charge in [-0.1, -0.05) is 40.2 Å². The second-order valence-electron chi connectivity index (χ2n) is 6.43. The van der Waals surface area contributed by atoms with E-state index in [-0.39, 0.29) is 11.0 Å². The summed E-state index contributed by atoms with van der Waals surface area (Å²) in [4.78, 5) is 17.1. The van der Waals surface area contributed by atoms with Crippen molar-refractivity contribution in [3.05, 3.63) is 82.3 Å². The number of hydrogen-bond donors (Lipinski definition) is 2. The lowest BCUT2D eigenvalue weighted by molar-refractivity contribution is 0.0977. The van der Waals surface area contributed by atoms with Crippen molar-refractivity contribution in [2.45, 2.75) is 6.92 Å². The van der Waals surface area contributed by atoms with Gasteiger partial charge in [0.2, 0.25) is 0 Å². The largest absolute Gasteiger partial charge is 0.332 e. The SMILES string of the molecule is Cc1ccc(-c2nc3ccccc3s2)cc1NC(=S)NC(=O)c1ccc(Br)cc1. The van der Waals surface area contributed by atoms with E-state index in [1.54, 1.807) is 23.5 Å². The Balaban J connectivity index is 1.52. The van der Waals surface area contributed by atoms with Crippen LogP contribution in [0.25, 0.3) is 20.8 Å². The number of nitrogens with zero attached hydrogens (tertiary/aromatic N) is 1. The number of amides is 1. The smallest absolute Gasteiger partial charge is 0.257 e. The van der Waals surface area contributed by atoms with E-state index in [1.807, 2.05) is 55.5 Å². The van der Waals surface area contributed by atoms with E-state index in [0.29, 0.717) is 5.56 Å². The molecule has 29 heavy (non-hydrogen) atoms. The summed E-state index contributed by atoms with van der Waals surface area (Å²) in [6, 6.07) is 21.2. The lowest BCUT2D eigenvalue weighted by Gasteiger charge is -2.13. The molecule has 144 valence electrons. The molecular weight excluding hydrogens is 466 g/mol. The van der Waals surface area contributed by atoms with Crippen LogP contribution in [-0.4, -0.2) is 16.0 Å². The van der Waals surface area contributed by atoms with Crippen LogP contribution in [0.5, 0.6) is 0 Å². The van der Waals surface area contributed by atoms with E-state index in [9.17, 15) is 4.79 Å². The van der Waals surface area contributed by atoms with E-state index in [4.69, 9.17) is 17.2 Å². The number of carbonyl (C=O) groups is 1. The zero-order valence-electron chi connectivity index (χ0n) is 15.4. The average molecular weight is 482 g/mol. The van der Waals surface area contributed by atoms with E-state index < -0.39 is 0 Å². The second-order valence-corrected chi connectivity index (χ2v) is 8.79. The molecule has 0 saturated heterocycles. The lowest BCUT2D eigenvalue weighted by Crippen LogP contribution is -2.34. The number of benzene rings is 3. The minimum Gasteiger partial charge on any atom is -0.332 e. The van der Waals surface area contributed by atoms with Crippen LogP contribution in [0.1, 0.15) is 15.9 Å². The van der Waals surface area contributed by atoms with Gasteiger partial charge in [-0.05, 0) is 67.2 Å². The zero-order chi connectivity index (χ0) is 20.4. The zero-order valence-corrected chi connectivity index (χ0v) is 18.6. The number of aromatic nitrogens is 1. The Morgan fingerprint density at radius 1 is 1.07 bits per heavy atom. The number of rotatable bonds is 3. The normalized spacial score (nSPS) is 10.7. The van der Waals surface area contributed by atoms with Crippen molar-refractivity contribution in [2.75, 3.05) is 5.32 Å². The highest BCUT2D eigenvalue weighted by Gasteiger charge is 2.11. The molecule has 0 aliphatic heterocycles. The van der Waals surface area contributed by atoms with Crippen LogP contribution in [-0.2, 0) is 0 Å². The van der Waals surface area contributed by atoms with Gasteiger partial charge in [0.05, 0.1) is 10.2 Å². The number of carbonyl (C=O) groups excluding carboxylic acids is 1. The van der Waals surface area contributed by atoms with E-state index in [0.717, 1.165) is 36.5 Å². The van der Waals surface area contributed by atoms with Gasteiger partial charge in [0.15, 0.2) is 5.11 Å². The standard InChI is InChI=1S/C22H16BrN3OS2/c1-13-6-7-15(21-24-17-4-2-3-5-19(17)29-21)12-18(13)25-22(28)26-20(27)14-8-10-16(23)11-9-14/h2-12H,1H3,(H2,25,26,27,28). The first kappa shape index (κ1) is 19.7. The van der Waals surface area contributed by atoms with Crippen LogP contribution in [0.4, 0.5) is 5.69 Å². The summed E-state index contributed by atoms with van der Waals surface area (Å²) in [6.45, 7) is 1.99. The van der Waals surface area contributed by atoms with Gasteiger partial charge >= 0.3 is 0 Å². The molecule has 0 saturated carbocycles. The molecule has 4 aromatic rings. The van der Waals surface area contributed by atoms with Gasteiger partial charge < -0.3 is 5.32 Å². The molecule has 0 bridgehead atoms. The van der Waals surface area contributed by atoms with Crippen LogP contribution >= 0.6 is 39.5 Å². The van der Waals surface area contributed by atoms with Crippen molar-refractivity contribution in [1.29, 1.82) is 0 Å². The molecule has 0 radical (unpaired) electrons. The Bertz CT molecular complexity index is 1190. The molecule has 0 aliphatic carbocycles. The van der Waals surface area contributed by atoms with Crippen LogP contribution < -0.4 is 10.6 Å². The van der Waals surface area contributed by atoms with Crippen LogP contribution in [0.15, 0.2) is 71.2 Å². The van der Waals surface area contributed by atoms with Gasteiger partial charge in [-0.3, -0.25) is 10.1 Å². The van der Waals surface area contributed by atoms with Gasteiger partial charge in [-0.25, -0.2) is 4.98 Å². The van der Waals surface area contributed by atoms with Crippen molar-refractivity contribution >= 4 is 66.4 Å². The number of hydrogen-bond acceptors (Lipinski definition) is 4. The van der Waals surface area contributed by atoms with Gasteiger partial charge in [0.1, 0.15) is 5.01 Å². The Morgan fingerprint density at radius 2 is 1.83 bits per heavy atom. The van der Waals surface area contributed by atoms with E-state index in [1.165, 1.54) is 0 Å². The summed E-state index contributed by atoms with van der Waals surface area (Å²) in [7, 11) is 0. The fraction of sp³-hybridized carbons (Fsp3) is 0.0455. The predicted molar refractivity (Wildman–Crippen MR) is 128 cm³/mol.